The van der Waals surface area contributed by atoms with Gasteiger partial charge in [0, 0.05) is 31.2 Å². The molecule has 1 aromatic rings. The number of Topliss-reactive ketones (excluding diaryl/α,β-unsaturated/α-hetero) is 1. The van der Waals surface area contributed by atoms with Crippen LogP contribution in [0.3, 0.4) is 0 Å². The third-order valence-electron chi connectivity index (χ3n) is 3.79. The molecule has 22 heavy (non-hydrogen) atoms. The Kier molecular flexibility index (Phi) is 5.69. The summed E-state index contributed by atoms with van der Waals surface area (Å²) in [7, 11) is -3.61. The molecule has 2 rings (SSSR count). The van der Waals surface area contributed by atoms with Crippen molar-refractivity contribution in [1.82, 2.24) is 9.62 Å². The standard InChI is InChI=1S/C15H22N2O4S/c1-12(17-6-8-21-9-7-17)11-16-22(19,20)15-5-3-4-14(10-15)13(2)18/h3-5,10,12,16H,6-9,11H2,1-2H3. The number of nitrogens with zero attached hydrogens (tertiary/aromatic N) is 1. The molecular formula is C15H22N2O4S. The van der Waals surface area contributed by atoms with Gasteiger partial charge in [-0.2, -0.15) is 0 Å². The number of morpholine rings is 1. The second-order valence-corrected chi connectivity index (χ2v) is 7.20. The van der Waals surface area contributed by atoms with Crippen molar-refractivity contribution in [3.05, 3.63) is 29.8 Å². The highest BCUT2D eigenvalue weighted by molar-refractivity contribution is 7.89. The number of carbonyl (C=O) groups excluding carboxylic acids is 1. The molecule has 1 aliphatic heterocycles. The highest BCUT2D eigenvalue weighted by Gasteiger charge is 2.20. The molecule has 1 fully saturated rings. The zero-order valence-electron chi connectivity index (χ0n) is 12.9. The van der Waals surface area contributed by atoms with Crippen LogP contribution in [0.2, 0.25) is 0 Å². The van der Waals surface area contributed by atoms with E-state index in [0.717, 1.165) is 13.1 Å². The van der Waals surface area contributed by atoms with Gasteiger partial charge < -0.3 is 4.74 Å². The molecule has 0 amide bonds. The largest absolute Gasteiger partial charge is 0.379 e. The molecular weight excluding hydrogens is 304 g/mol. The summed E-state index contributed by atoms with van der Waals surface area (Å²) in [5.74, 6) is -0.154. The lowest BCUT2D eigenvalue weighted by molar-refractivity contribution is 0.0213. The summed E-state index contributed by atoms with van der Waals surface area (Å²) < 4.78 is 32.6. The van der Waals surface area contributed by atoms with Gasteiger partial charge in [0.2, 0.25) is 10.0 Å². The molecule has 1 atom stereocenters. The summed E-state index contributed by atoms with van der Waals surface area (Å²) in [6, 6.07) is 6.18. The number of ether oxygens (including phenoxy) is 1. The molecule has 6 nitrogen and oxygen atoms in total. The van der Waals surface area contributed by atoms with Crippen LogP contribution in [0.15, 0.2) is 29.2 Å². The van der Waals surface area contributed by atoms with Crippen molar-refractivity contribution in [2.24, 2.45) is 0 Å². The first kappa shape index (κ1) is 17.1. The van der Waals surface area contributed by atoms with Crippen LogP contribution >= 0.6 is 0 Å². The molecule has 0 saturated carbocycles. The normalized spacial score (nSPS) is 18.1. The number of sulfonamides is 1. The highest BCUT2D eigenvalue weighted by Crippen LogP contribution is 2.12. The minimum Gasteiger partial charge on any atom is -0.379 e. The van der Waals surface area contributed by atoms with Crippen LogP contribution in [-0.4, -0.2) is 58.0 Å². The molecule has 1 N–H and O–H groups in total. The molecule has 0 radical (unpaired) electrons. The lowest BCUT2D eigenvalue weighted by atomic mass is 10.2. The van der Waals surface area contributed by atoms with E-state index in [1.54, 1.807) is 12.1 Å². The Morgan fingerprint density at radius 2 is 2.05 bits per heavy atom. The summed E-state index contributed by atoms with van der Waals surface area (Å²) in [4.78, 5) is 13.7. The van der Waals surface area contributed by atoms with Crippen LogP contribution in [0, 0.1) is 0 Å². The van der Waals surface area contributed by atoms with Crippen LogP contribution in [0.1, 0.15) is 24.2 Å². The van der Waals surface area contributed by atoms with Crippen LogP contribution in [-0.2, 0) is 14.8 Å². The van der Waals surface area contributed by atoms with Crippen molar-refractivity contribution < 1.29 is 17.9 Å². The first-order valence-electron chi connectivity index (χ1n) is 7.32. The van der Waals surface area contributed by atoms with Crippen LogP contribution < -0.4 is 4.72 Å². The molecule has 1 aliphatic rings. The van der Waals surface area contributed by atoms with Crippen molar-refractivity contribution in [3.63, 3.8) is 0 Å². The van der Waals surface area contributed by atoms with Gasteiger partial charge in [-0.25, -0.2) is 13.1 Å². The molecule has 0 aromatic heterocycles. The van der Waals surface area contributed by atoms with E-state index in [4.69, 9.17) is 4.74 Å². The number of nitrogens with one attached hydrogen (secondary N) is 1. The molecule has 1 aromatic carbocycles. The lowest BCUT2D eigenvalue weighted by Crippen LogP contribution is -2.47. The van der Waals surface area contributed by atoms with Crippen LogP contribution in [0.5, 0.6) is 0 Å². The van der Waals surface area contributed by atoms with Gasteiger partial charge in [0.15, 0.2) is 5.78 Å². The minimum atomic E-state index is -3.61. The average molecular weight is 326 g/mol. The maximum Gasteiger partial charge on any atom is 0.240 e. The summed E-state index contributed by atoms with van der Waals surface area (Å²) in [5, 5.41) is 0. The van der Waals surface area contributed by atoms with Gasteiger partial charge in [-0.15, -0.1) is 0 Å². The quantitative estimate of drug-likeness (QED) is 0.786. The molecule has 7 heteroatoms. The van der Waals surface area contributed by atoms with E-state index >= 15 is 0 Å². The second-order valence-electron chi connectivity index (χ2n) is 5.43. The number of hydrogen-bond donors (Lipinski definition) is 1. The number of hydrogen-bond acceptors (Lipinski definition) is 5. The molecule has 122 valence electrons. The Hall–Kier alpha value is -1.28. The summed E-state index contributed by atoms with van der Waals surface area (Å²) in [5.41, 5.74) is 0.393. The van der Waals surface area contributed by atoms with Crippen molar-refractivity contribution in [1.29, 1.82) is 0 Å². The topological polar surface area (TPSA) is 75.7 Å². The smallest absolute Gasteiger partial charge is 0.240 e. The Bertz CT molecular complexity index is 624. The fourth-order valence-corrected chi connectivity index (χ4v) is 3.51. The first-order chi connectivity index (χ1) is 10.4. The van der Waals surface area contributed by atoms with E-state index in [9.17, 15) is 13.2 Å². The molecule has 1 saturated heterocycles. The summed E-state index contributed by atoms with van der Waals surface area (Å²) >= 11 is 0. The molecule has 0 aliphatic carbocycles. The Balaban J connectivity index is 2.01. The van der Waals surface area contributed by atoms with Gasteiger partial charge in [0.05, 0.1) is 18.1 Å². The summed E-state index contributed by atoms with van der Waals surface area (Å²) in [6.45, 7) is 6.70. The van der Waals surface area contributed by atoms with Gasteiger partial charge in [0.1, 0.15) is 0 Å². The fourth-order valence-electron chi connectivity index (χ4n) is 2.34. The molecule has 0 bridgehead atoms. The highest BCUT2D eigenvalue weighted by atomic mass is 32.2. The van der Waals surface area contributed by atoms with Crippen molar-refractivity contribution in [2.75, 3.05) is 32.8 Å². The zero-order valence-corrected chi connectivity index (χ0v) is 13.7. The van der Waals surface area contributed by atoms with Crippen molar-refractivity contribution in [2.45, 2.75) is 24.8 Å². The molecule has 1 unspecified atom stereocenters. The van der Waals surface area contributed by atoms with E-state index in [1.165, 1.54) is 19.1 Å². The van der Waals surface area contributed by atoms with Gasteiger partial charge in [-0.1, -0.05) is 12.1 Å². The predicted octanol–water partition coefficient (Wildman–Crippen LogP) is 0.888. The van der Waals surface area contributed by atoms with Gasteiger partial charge in [-0.05, 0) is 26.0 Å². The van der Waals surface area contributed by atoms with Crippen LogP contribution in [0.25, 0.3) is 0 Å². The van der Waals surface area contributed by atoms with E-state index < -0.39 is 10.0 Å². The minimum absolute atomic E-state index is 0.0923. The Morgan fingerprint density at radius 1 is 1.36 bits per heavy atom. The Labute approximate surface area is 131 Å². The van der Waals surface area contributed by atoms with E-state index in [0.29, 0.717) is 25.3 Å². The first-order valence-corrected chi connectivity index (χ1v) is 8.81. The van der Waals surface area contributed by atoms with Gasteiger partial charge >= 0.3 is 0 Å². The van der Waals surface area contributed by atoms with Gasteiger partial charge in [0.25, 0.3) is 0 Å². The third kappa shape index (κ3) is 4.36. The van der Waals surface area contributed by atoms with Crippen LogP contribution in [0.4, 0.5) is 0 Å². The second kappa shape index (κ2) is 7.32. The number of benzene rings is 1. The maximum absolute atomic E-state index is 12.3. The predicted molar refractivity (Wildman–Crippen MR) is 83.5 cm³/mol. The van der Waals surface area contributed by atoms with Gasteiger partial charge in [-0.3, -0.25) is 9.69 Å². The number of rotatable bonds is 6. The maximum atomic E-state index is 12.3. The van der Waals surface area contributed by atoms with E-state index in [1.807, 2.05) is 6.92 Å². The average Bonchev–Trinajstić information content (AvgIpc) is 2.53. The lowest BCUT2D eigenvalue weighted by Gasteiger charge is -2.32. The SMILES string of the molecule is CC(=O)c1cccc(S(=O)(=O)NCC(C)N2CCOCC2)c1. The Morgan fingerprint density at radius 3 is 2.68 bits per heavy atom. The monoisotopic (exact) mass is 326 g/mol. The molecule has 1 heterocycles. The fraction of sp³-hybridized carbons (Fsp3) is 0.533. The zero-order chi connectivity index (χ0) is 16.2. The van der Waals surface area contributed by atoms with E-state index in [-0.39, 0.29) is 16.7 Å². The third-order valence-corrected chi connectivity index (χ3v) is 5.21. The van der Waals surface area contributed by atoms with Crippen molar-refractivity contribution in [3.8, 4) is 0 Å². The summed E-state index contributed by atoms with van der Waals surface area (Å²) in [6.07, 6.45) is 0. The molecule has 0 spiro atoms. The van der Waals surface area contributed by atoms with E-state index in [2.05, 4.69) is 9.62 Å². The number of carbonyl (C=O) groups is 1. The van der Waals surface area contributed by atoms with Crippen molar-refractivity contribution >= 4 is 15.8 Å². The number of ketones is 1.